The first-order valence-corrected chi connectivity index (χ1v) is 7.70. The third-order valence-electron chi connectivity index (χ3n) is 3.52. The first-order valence-electron chi connectivity index (χ1n) is 7.70. The summed E-state index contributed by atoms with van der Waals surface area (Å²) >= 11 is 0. The number of rotatable bonds is 5. The maximum Gasteiger partial charge on any atom is 0.249 e. The van der Waals surface area contributed by atoms with Gasteiger partial charge in [0.05, 0.1) is 11.9 Å². The third-order valence-corrected chi connectivity index (χ3v) is 3.52. The quantitative estimate of drug-likeness (QED) is 0.717. The second kappa shape index (κ2) is 7.04. The molecule has 0 bridgehead atoms. The molecular formula is C18H18FN5. The van der Waals surface area contributed by atoms with Crippen molar-refractivity contribution in [3.8, 4) is 0 Å². The minimum atomic E-state index is -0.351. The SMILES string of the molecule is CC(C)c1ccccc1Nc1nncc(Nc2ccccc2F)n1. The van der Waals surface area contributed by atoms with E-state index in [4.69, 9.17) is 0 Å². The Kier molecular flexibility index (Phi) is 4.65. The lowest BCUT2D eigenvalue weighted by Gasteiger charge is -2.13. The number of halogens is 1. The van der Waals surface area contributed by atoms with Crippen LogP contribution in [0.3, 0.4) is 0 Å². The van der Waals surface area contributed by atoms with E-state index in [0.29, 0.717) is 23.4 Å². The molecular weight excluding hydrogens is 305 g/mol. The van der Waals surface area contributed by atoms with Crippen LogP contribution in [0.25, 0.3) is 0 Å². The molecule has 0 aliphatic rings. The number of benzene rings is 2. The number of hydrogen-bond acceptors (Lipinski definition) is 5. The van der Waals surface area contributed by atoms with Gasteiger partial charge in [-0.05, 0) is 29.7 Å². The highest BCUT2D eigenvalue weighted by molar-refractivity contribution is 5.61. The predicted molar refractivity (Wildman–Crippen MR) is 93.3 cm³/mol. The van der Waals surface area contributed by atoms with E-state index >= 15 is 0 Å². The maximum atomic E-state index is 13.7. The van der Waals surface area contributed by atoms with Gasteiger partial charge in [-0.15, -0.1) is 5.10 Å². The molecule has 3 rings (SSSR count). The Morgan fingerprint density at radius 3 is 2.38 bits per heavy atom. The molecule has 0 amide bonds. The van der Waals surface area contributed by atoms with E-state index in [9.17, 15) is 4.39 Å². The van der Waals surface area contributed by atoms with Crippen LogP contribution in [0, 0.1) is 5.82 Å². The molecule has 0 radical (unpaired) electrons. The molecule has 5 nitrogen and oxygen atoms in total. The Morgan fingerprint density at radius 1 is 0.917 bits per heavy atom. The van der Waals surface area contributed by atoms with E-state index in [1.54, 1.807) is 18.2 Å². The average molecular weight is 323 g/mol. The van der Waals surface area contributed by atoms with Gasteiger partial charge in [0.2, 0.25) is 5.95 Å². The topological polar surface area (TPSA) is 62.7 Å². The second-order valence-corrected chi connectivity index (χ2v) is 5.64. The average Bonchev–Trinajstić information content (AvgIpc) is 2.58. The fourth-order valence-corrected chi connectivity index (χ4v) is 2.35. The van der Waals surface area contributed by atoms with Crippen molar-refractivity contribution in [2.75, 3.05) is 10.6 Å². The Bertz CT molecular complexity index is 835. The monoisotopic (exact) mass is 323 g/mol. The van der Waals surface area contributed by atoms with Crippen molar-refractivity contribution in [3.05, 3.63) is 66.1 Å². The molecule has 3 aromatic rings. The van der Waals surface area contributed by atoms with Gasteiger partial charge in [0.25, 0.3) is 0 Å². The molecule has 0 saturated carbocycles. The van der Waals surface area contributed by atoms with Gasteiger partial charge in [0, 0.05) is 5.69 Å². The Hall–Kier alpha value is -3.02. The van der Waals surface area contributed by atoms with E-state index in [1.807, 2.05) is 18.2 Å². The maximum absolute atomic E-state index is 13.7. The van der Waals surface area contributed by atoms with Gasteiger partial charge in [-0.2, -0.15) is 10.1 Å². The third kappa shape index (κ3) is 3.65. The Morgan fingerprint density at radius 2 is 1.62 bits per heavy atom. The van der Waals surface area contributed by atoms with Crippen LogP contribution in [-0.4, -0.2) is 15.2 Å². The molecule has 24 heavy (non-hydrogen) atoms. The van der Waals surface area contributed by atoms with Gasteiger partial charge < -0.3 is 10.6 Å². The van der Waals surface area contributed by atoms with Crippen LogP contribution in [-0.2, 0) is 0 Å². The molecule has 2 N–H and O–H groups in total. The highest BCUT2D eigenvalue weighted by Crippen LogP contribution is 2.26. The van der Waals surface area contributed by atoms with Crippen LogP contribution >= 0.6 is 0 Å². The summed E-state index contributed by atoms with van der Waals surface area (Å²) in [6.07, 6.45) is 1.45. The predicted octanol–water partition coefficient (Wildman–Crippen LogP) is 4.62. The highest BCUT2D eigenvalue weighted by atomic mass is 19.1. The summed E-state index contributed by atoms with van der Waals surface area (Å²) in [5, 5.41) is 14.0. The summed E-state index contributed by atoms with van der Waals surface area (Å²) in [5.74, 6) is 0.779. The van der Waals surface area contributed by atoms with Gasteiger partial charge in [-0.25, -0.2) is 4.39 Å². The van der Waals surface area contributed by atoms with Crippen LogP contribution in [0.4, 0.5) is 27.5 Å². The number of aromatic nitrogens is 3. The number of nitrogens with one attached hydrogen (secondary N) is 2. The lowest BCUT2D eigenvalue weighted by molar-refractivity contribution is 0.632. The zero-order valence-electron chi connectivity index (χ0n) is 13.5. The fraction of sp³-hybridized carbons (Fsp3) is 0.167. The van der Waals surface area contributed by atoms with E-state index in [0.717, 1.165) is 11.3 Å². The first-order chi connectivity index (χ1) is 11.6. The molecule has 0 spiro atoms. The minimum absolute atomic E-state index is 0.339. The molecule has 0 atom stereocenters. The molecule has 0 unspecified atom stereocenters. The van der Waals surface area contributed by atoms with Crippen molar-refractivity contribution in [1.82, 2.24) is 15.2 Å². The standard InChI is InChI=1S/C18H18FN5/c1-12(2)13-7-3-5-9-15(13)22-18-23-17(11-20-24-18)21-16-10-6-4-8-14(16)19/h3-12H,1-2H3,(H2,21,22,23,24). The van der Waals surface area contributed by atoms with Gasteiger partial charge in [-0.3, -0.25) is 0 Å². The van der Waals surface area contributed by atoms with Crippen LogP contribution in [0.1, 0.15) is 25.3 Å². The molecule has 122 valence electrons. The van der Waals surface area contributed by atoms with Crippen molar-refractivity contribution in [1.29, 1.82) is 0 Å². The Labute approximate surface area is 140 Å². The van der Waals surface area contributed by atoms with Crippen LogP contribution in [0.2, 0.25) is 0 Å². The smallest absolute Gasteiger partial charge is 0.249 e. The van der Waals surface area contributed by atoms with Gasteiger partial charge in [0.15, 0.2) is 5.82 Å². The largest absolute Gasteiger partial charge is 0.336 e. The zero-order valence-corrected chi connectivity index (χ0v) is 13.5. The molecule has 0 aliphatic heterocycles. The zero-order chi connectivity index (χ0) is 16.9. The summed E-state index contributed by atoms with van der Waals surface area (Å²) < 4.78 is 13.7. The summed E-state index contributed by atoms with van der Waals surface area (Å²) in [7, 11) is 0. The highest BCUT2D eigenvalue weighted by Gasteiger charge is 2.09. The number of hydrogen-bond donors (Lipinski definition) is 2. The van der Waals surface area contributed by atoms with Crippen molar-refractivity contribution in [2.24, 2.45) is 0 Å². The molecule has 6 heteroatoms. The number of anilines is 4. The van der Waals surface area contributed by atoms with Crippen molar-refractivity contribution < 1.29 is 4.39 Å². The lowest BCUT2D eigenvalue weighted by Crippen LogP contribution is -2.05. The number of para-hydroxylation sites is 2. The molecule has 0 saturated heterocycles. The van der Waals surface area contributed by atoms with Crippen molar-refractivity contribution in [2.45, 2.75) is 19.8 Å². The molecule has 1 aromatic heterocycles. The van der Waals surface area contributed by atoms with E-state index in [1.165, 1.54) is 12.3 Å². The summed E-state index contributed by atoms with van der Waals surface area (Å²) in [6, 6.07) is 14.4. The van der Waals surface area contributed by atoms with Crippen LogP contribution in [0.15, 0.2) is 54.7 Å². The minimum Gasteiger partial charge on any atom is -0.336 e. The second-order valence-electron chi connectivity index (χ2n) is 5.64. The Balaban J connectivity index is 1.83. The lowest BCUT2D eigenvalue weighted by atomic mass is 10.0. The van der Waals surface area contributed by atoms with Crippen molar-refractivity contribution >= 4 is 23.1 Å². The normalized spacial score (nSPS) is 10.7. The summed E-state index contributed by atoms with van der Waals surface area (Å²) in [5.41, 5.74) is 2.43. The molecule has 0 fully saturated rings. The summed E-state index contributed by atoms with van der Waals surface area (Å²) in [4.78, 5) is 4.34. The van der Waals surface area contributed by atoms with Crippen LogP contribution < -0.4 is 10.6 Å². The van der Waals surface area contributed by atoms with E-state index in [2.05, 4.69) is 45.7 Å². The summed E-state index contributed by atoms with van der Waals surface area (Å²) in [6.45, 7) is 4.24. The van der Waals surface area contributed by atoms with Crippen molar-refractivity contribution in [3.63, 3.8) is 0 Å². The van der Waals surface area contributed by atoms with E-state index in [-0.39, 0.29) is 5.82 Å². The molecule has 2 aromatic carbocycles. The first kappa shape index (κ1) is 15.9. The molecule has 0 aliphatic carbocycles. The molecule has 1 heterocycles. The van der Waals surface area contributed by atoms with E-state index < -0.39 is 0 Å². The number of nitrogens with zero attached hydrogens (tertiary/aromatic N) is 3. The van der Waals surface area contributed by atoms with Gasteiger partial charge >= 0.3 is 0 Å². The van der Waals surface area contributed by atoms with Crippen LogP contribution in [0.5, 0.6) is 0 Å². The van der Waals surface area contributed by atoms with Gasteiger partial charge in [0.1, 0.15) is 5.82 Å². The van der Waals surface area contributed by atoms with Gasteiger partial charge in [-0.1, -0.05) is 44.2 Å². The fourth-order valence-electron chi connectivity index (χ4n) is 2.35.